The molecule has 2 rings (SSSR count). The zero-order valence-electron chi connectivity index (χ0n) is 13.1. The smallest absolute Gasteiger partial charge is 0.0104 e. The molecule has 0 aliphatic rings. The third-order valence-electron chi connectivity index (χ3n) is 3.95. The van der Waals surface area contributed by atoms with Gasteiger partial charge in [0.2, 0.25) is 0 Å². The minimum atomic E-state index is 0.476. The van der Waals surface area contributed by atoms with E-state index in [4.69, 9.17) is 0 Å². The number of nitrogens with one attached hydrogen (secondary N) is 1. The Morgan fingerprint density at radius 1 is 0.857 bits per heavy atom. The Kier molecular flexibility index (Phi) is 6.45. The summed E-state index contributed by atoms with van der Waals surface area (Å²) in [6.45, 7) is 3.24. The molecule has 2 aromatic rings. The molecule has 0 amide bonds. The van der Waals surface area contributed by atoms with Crippen molar-refractivity contribution in [1.29, 1.82) is 0 Å². The van der Waals surface area contributed by atoms with Gasteiger partial charge in [-0.25, -0.2) is 0 Å². The number of likely N-dealkylation sites (N-methyl/N-ethyl adjacent to an activating group) is 2. The van der Waals surface area contributed by atoms with Crippen molar-refractivity contribution in [2.75, 3.05) is 33.7 Å². The van der Waals surface area contributed by atoms with Gasteiger partial charge < -0.3 is 10.2 Å². The van der Waals surface area contributed by atoms with Crippen LogP contribution in [0.2, 0.25) is 0 Å². The third kappa shape index (κ3) is 5.00. The van der Waals surface area contributed by atoms with Crippen molar-refractivity contribution in [2.24, 2.45) is 0 Å². The van der Waals surface area contributed by atoms with Crippen LogP contribution in [-0.4, -0.2) is 38.6 Å². The first-order chi connectivity index (χ1) is 10.3. The highest BCUT2D eigenvalue weighted by Gasteiger charge is 2.14. The predicted octanol–water partition coefficient (Wildman–Crippen LogP) is 3.36. The van der Waals surface area contributed by atoms with Gasteiger partial charge in [-0.3, -0.25) is 0 Å². The van der Waals surface area contributed by atoms with E-state index in [1.54, 1.807) is 0 Å². The van der Waals surface area contributed by atoms with Crippen molar-refractivity contribution in [1.82, 2.24) is 10.2 Å². The molecule has 0 radical (unpaired) electrons. The monoisotopic (exact) mass is 282 g/mol. The molecule has 21 heavy (non-hydrogen) atoms. The minimum absolute atomic E-state index is 0.476. The molecule has 0 saturated carbocycles. The molecule has 0 aromatic heterocycles. The Balaban J connectivity index is 2.07. The first-order valence-corrected chi connectivity index (χ1v) is 7.74. The van der Waals surface area contributed by atoms with Crippen LogP contribution in [0, 0.1) is 0 Å². The summed E-state index contributed by atoms with van der Waals surface area (Å²) < 4.78 is 0. The van der Waals surface area contributed by atoms with E-state index in [0.29, 0.717) is 5.92 Å². The van der Waals surface area contributed by atoms with Crippen LogP contribution in [0.5, 0.6) is 0 Å². The van der Waals surface area contributed by atoms with E-state index < -0.39 is 0 Å². The van der Waals surface area contributed by atoms with Gasteiger partial charge in [-0.1, -0.05) is 60.7 Å². The molecule has 0 unspecified atom stereocenters. The molecule has 2 heteroatoms. The highest BCUT2D eigenvalue weighted by molar-refractivity contribution is 5.32. The molecular weight excluding hydrogens is 256 g/mol. The fourth-order valence-electron chi connectivity index (χ4n) is 2.66. The molecule has 1 N–H and O–H groups in total. The molecule has 0 heterocycles. The Morgan fingerprint density at radius 2 is 1.38 bits per heavy atom. The summed E-state index contributed by atoms with van der Waals surface area (Å²) in [4.78, 5) is 2.40. The average molecular weight is 282 g/mol. The molecule has 0 atom stereocenters. The second kappa shape index (κ2) is 8.60. The lowest BCUT2D eigenvalue weighted by molar-refractivity contribution is 0.324. The number of hydrogen-bond donors (Lipinski definition) is 1. The van der Waals surface area contributed by atoms with Crippen molar-refractivity contribution in [2.45, 2.75) is 12.3 Å². The molecule has 0 saturated heterocycles. The van der Waals surface area contributed by atoms with Gasteiger partial charge in [0.1, 0.15) is 0 Å². The van der Waals surface area contributed by atoms with Crippen LogP contribution < -0.4 is 5.32 Å². The number of rotatable bonds is 8. The maximum absolute atomic E-state index is 3.21. The summed E-state index contributed by atoms with van der Waals surface area (Å²) in [6.07, 6.45) is 1.15. The van der Waals surface area contributed by atoms with Crippen LogP contribution in [0.15, 0.2) is 60.7 Å². The highest BCUT2D eigenvalue weighted by atomic mass is 15.1. The van der Waals surface area contributed by atoms with Crippen LogP contribution >= 0.6 is 0 Å². The van der Waals surface area contributed by atoms with Crippen molar-refractivity contribution < 1.29 is 0 Å². The van der Waals surface area contributed by atoms with E-state index in [2.05, 4.69) is 77.9 Å². The van der Waals surface area contributed by atoms with Crippen LogP contribution in [0.4, 0.5) is 0 Å². The molecule has 0 aliphatic heterocycles. The molecule has 0 spiro atoms. The van der Waals surface area contributed by atoms with Crippen molar-refractivity contribution in [3.05, 3.63) is 71.8 Å². The van der Waals surface area contributed by atoms with Gasteiger partial charge in [-0.05, 0) is 38.2 Å². The zero-order chi connectivity index (χ0) is 14.9. The maximum atomic E-state index is 3.21. The van der Waals surface area contributed by atoms with E-state index in [0.717, 1.165) is 26.1 Å². The normalized spacial score (nSPS) is 11.2. The predicted molar refractivity (Wildman–Crippen MR) is 90.8 cm³/mol. The zero-order valence-corrected chi connectivity index (χ0v) is 13.1. The van der Waals surface area contributed by atoms with Gasteiger partial charge >= 0.3 is 0 Å². The fourth-order valence-corrected chi connectivity index (χ4v) is 2.66. The fraction of sp³-hybridized carbons (Fsp3) is 0.368. The van der Waals surface area contributed by atoms with Crippen LogP contribution in [0.1, 0.15) is 23.5 Å². The Labute approximate surface area is 128 Å². The van der Waals surface area contributed by atoms with Crippen LogP contribution in [-0.2, 0) is 0 Å². The minimum Gasteiger partial charge on any atom is -0.318 e. The summed E-state index contributed by atoms with van der Waals surface area (Å²) in [7, 11) is 4.20. The Hall–Kier alpha value is -1.64. The van der Waals surface area contributed by atoms with Gasteiger partial charge in [0.05, 0.1) is 0 Å². The molecule has 0 bridgehead atoms. The Bertz CT molecular complexity index is 456. The molecule has 112 valence electrons. The lowest BCUT2D eigenvalue weighted by Crippen LogP contribution is -2.29. The van der Waals surface area contributed by atoms with Crippen molar-refractivity contribution in [3.8, 4) is 0 Å². The standard InChI is InChI=1S/C19H26N2/c1-20-14-16-21(2)15-13-19(17-9-5-3-6-10-17)18-11-7-4-8-12-18/h3-12,19-20H,13-16H2,1-2H3. The summed E-state index contributed by atoms with van der Waals surface area (Å²) in [5.74, 6) is 0.476. The molecule has 0 aliphatic carbocycles. The molecular formula is C19H26N2. The molecule has 0 fully saturated rings. The SMILES string of the molecule is CNCCN(C)CCC(c1ccccc1)c1ccccc1. The van der Waals surface area contributed by atoms with Gasteiger partial charge in [0.15, 0.2) is 0 Å². The maximum Gasteiger partial charge on any atom is 0.0104 e. The first kappa shape index (κ1) is 15.7. The number of hydrogen-bond acceptors (Lipinski definition) is 2. The van der Waals surface area contributed by atoms with Gasteiger partial charge in [0, 0.05) is 19.0 Å². The molecule has 2 aromatic carbocycles. The second-order valence-corrected chi connectivity index (χ2v) is 5.57. The van der Waals surface area contributed by atoms with Gasteiger partial charge in [-0.15, -0.1) is 0 Å². The lowest BCUT2D eigenvalue weighted by Gasteiger charge is -2.22. The van der Waals surface area contributed by atoms with E-state index in [1.807, 2.05) is 7.05 Å². The largest absolute Gasteiger partial charge is 0.318 e. The Morgan fingerprint density at radius 3 is 1.86 bits per heavy atom. The number of nitrogens with zero attached hydrogens (tertiary/aromatic N) is 1. The van der Waals surface area contributed by atoms with Crippen LogP contribution in [0.25, 0.3) is 0 Å². The summed E-state index contributed by atoms with van der Waals surface area (Å²) in [5, 5.41) is 3.21. The van der Waals surface area contributed by atoms with Gasteiger partial charge in [-0.2, -0.15) is 0 Å². The van der Waals surface area contributed by atoms with Gasteiger partial charge in [0.25, 0.3) is 0 Å². The van der Waals surface area contributed by atoms with Crippen molar-refractivity contribution in [3.63, 3.8) is 0 Å². The summed E-state index contributed by atoms with van der Waals surface area (Å²) in [6, 6.07) is 21.7. The van der Waals surface area contributed by atoms with E-state index >= 15 is 0 Å². The topological polar surface area (TPSA) is 15.3 Å². The average Bonchev–Trinajstić information content (AvgIpc) is 2.55. The molecule has 2 nitrogen and oxygen atoms in total. The van der Waals surface area contributed by atoms with E-state index in [1.165, 1.54) is 11.1 Å². The lowest BCUT2D eigenvalue weighted by atomic mass is 9.88. The third-order valence-corrected chi connectivity index (χ3v) is 3.95. The van der Waals surface area contributed by atoms with E-state index in [-0.39, 0.29) is 0 Å². The second-order valence-electron chi connectivity index (χ2n) is 5.57. The highest BCUT2D eigenvalue weighted by Crippen LogP contribution is 2.27. The number of benzene rings is 2. The summed E-state index contributed by atoms with van der Waals surface area (Å²) >= 11 is 0. The van der Waals surface area contributed by atoms with E-state index in [9.17, 15) is 0 Å². The quantitative estimate of drug-likeness (QED) is 0.798. The van der Waals surface area contributed by atoms with Crippen LogP contribution in [0.3, 0.4) is 0 Å². The first-order valence-electron chi connectivity index (χ1n) is 7.74. The summed E-state index contributed by atoms with van der Waals surface area (Å²) in [5.41, 5.74) is 2.82. The van der Waals surface area contributed by atoms with Crippen molar-refractivity contribution >= 4 is 0 Å².